The summed E-state index contributed by atoms with van der Waals surface area (Å²) in [5, 5.41) is 11.5. The van der Waals surface area contributed by atoms with E-state index < -0.39 is 17.4 Å². The maximum atomic E-state index is 11.9. The first-order chi connectivity index (χ1) is 7.28. The Labute approximate surface area is 96.4 Å². The molecule has 1 unspecified atom stereocenters. The molecular weight excluding hydrogens is 208 g/mol. The van der Waals surface area contributed by atoms with Gasteiger partial charge in [-0.3, -0.25) is 4.79 Å². The second-order valence-electron chi connectivity index (χ2n) is 4.65. The van der Waals surface area contributed by atoms with Gasteiger partial charge in [0.15, 0.2) is 0 Å². The molecule has 0 aromatic rings. The fourth-order valence-corrected chi connectivity index (χ4v) is 1.23. The molecule has 0 fully saturated rings. The zero-order chi connectivity index (χ0) is 12.9. The summed E-state index contributed by atoms with van der Waals surface area (Å²) in [6.45, 7) is 7.31. The summed E-state index contributed by atoms with van der Waals surface area (Å²) in [5.41, 5.74) is 4.85. The molecule has 0 aromatic carbocycles. The lowest BCUT2D eigenvalue weighted by molar-refractivity contribution is -0.144. The van der Waals surface area contributed by atoms with Gasteiger partial charge in [0.2, 0.25) is 5.91 Å². The van der Waals surface area contributed by atoms with E-state index in [4.69, 9.17) is 10.8 Å². The maximum absolute atomic E-state index is 11.9. The number of rotatable bonds is 6. The Hall–Kier alpha value is -1.10. The van der Waals surface area contributed by atoms with Crippen molar-refractivity contribution < 1.29 is 14.7 Å². The van der Waals surface area contributed by atoms with E-state index in [1.807, 2.05) is 6.92 Å². The largest absolute Gasteiger partial charge is 0.480 e. The summed E-state index contributed by atoms with van der Waals surface area (Å²) in [7, 11) is 0. The van der Waals surface area contributed by atoms with Gasteiger partial charge in [-0.15, -0.1) is 0 Å². The smallest absolute Gasteiger partial charge is 0.326 e. The fourth-order valence-electron chi connectivity index (χ4n) is 1.23. The van der Waals surface area contributed by atoms with Crippen molar-refractivity contribution in [2.24, 2.45) is 17.1 Å². The number of hydrogen-bond donors (Lipinski definition) is 3. The van der Waals surface area contributed by atoms with Crippen molar-refractivity contribution in [2.45, 2.75) is 40.2 Å². The summed E-state index contributed by atoms with van der Waals surface area (Å²) in [6.07, 6.45) is 0.583. The molecule has 16 heavy (non-hydrogen) atoms. The molecule has 0 saturated carbocycles. The zero-order valence-corrected chi connectivity index (χ0v) is 10.4. The van der Waals surface area contributed by atoms with E-state index in [9.17, 15) is 9.59 Å². The van der Waals surface area contributed by atoms with E-state index in [-0.39, 0.29) is 18.4 Å². The van der Waals surface area contributed by atoms with Crippen molar-refractivity contribution in [1.82, 2.24) is 5.32 Å². The molecule has 0 spiro atoms. The lowest BCUT2D eigenvalue weighted by atomic mass is 9.86. The van der Waals surface area contributed by atoms with Gasteiger partial charge in [-0.05, 0) is 19.3 Å². The minimum absolute atomic E-state index is 0.152. The fraction of sp³-hybridized carbons (Fsp3) is 0.818. The molecule has 0 bridgehead atoms. The molecule has 2 atom stereocenters. The quantitative estimate of drug-likeness (QED) is 0.622. The normalized spacial score (nSPS) is 16.6. The topological polar surface area (TPSA) is 92.4 Å². The summed E-state index contributed by atoms with van der Waals surface area (Å²) in [5.74, 6) is -1.46. The van der Waals surface area contributed by atoms with Crippen molar-refractivity contribution >= 4 is 11.9 Å². The Morgan fingerprint density at radius 3 is 2.19 bits per heavy atom. The lowest BCUT2D eigenvalue weighted by Gasteiger charge is -2.28. The molecule has 0 radical (unpaired) electrons. The number of carboxylic acid groups (broad SMARTS) is 1. The van der Waals surface area contributed by atoms with Crippen LogP contribution in [0.5, 0.6) is 0 Å². The highest BCUT2D eigenvalue weighted by Crippen LogP contribution is 2.20. The standard InChI is InChI=1S/C11H22N2O3/c1-5-11(4,6-12)10(16)13-8(7(2)3)9(14)15/h7-8H,5-6,12H2,1-4H3,(H,13,16)(H,14,15)/t8-,11?/m0/s1. The minimum Gasteiger partial charge on any atom is -0.480 e. The molecule has 0 aliphatic carbocycles. The summed E-state index contributed by atoms with van der Waals surface area (Å²) >= 11 is 0. The molecule has 0 saturated heterocycles. The van der Waals surface area contributed by atoms with Gasteiger partial charge in [0, 0.05) is 6.54 Å². The number of aliphatic carboxylic acids is 1. The summed E-state index contributed by atoms with van der Waals surface area (Å²) < 4.78 is 0. The molecule has 0 heterocycles. The van der Waals surface area contributed by atoms with Gasteiger partial charge in [0.05, 0.1) is 5.41 Å². The molecule has 0 aromatic heterocycles. The van der Waals surface area contributed by atoms with Crippen LogP contribution in [0, 0.1) is 11.3 Å². The molecule has 0 aliphatic rings. The van der Waals surface area contributed by atoms with Crippen molar-refractivity contribution in [1.29, 1.82) is 0 Å². The highest BCUT2D eigenvalue weighted by Gasteiger charge is 2.33. The Kier molecular flexibility index (Phi) is 5.44. The number of hydrogen-bond acceptors (Lipinski definition) is 3. The molecule has 94 valence electrons. The molecule has 0 aliphatic heterocycles. The Balaban J connectivity index is 4.70. The maximum Gasteiger partial charge on any atom is 0.326 e. The third kappa shape index (κ3) is 3.48. The van der Waals surface area contributed by atoms with Crippen LogP contribution < -0.4 is 11.1 Å². The van der Waals surface area contributed by atoms with Crippen LogP contribution in [0.1, 0.15) is 34.1 Å². The Morgan fingerprint density at radius 1 is 1.44 bits per heavy atom. The number of nitrogens with one attached hydrogen (secondary N) is 1. The van der Waals surface area contributed by atoms with Crippen LogP contribution in [0.15, 0.2) is 0 Å². The average Bonchev–Trinajstić information content (AvgIpc) is 2.23. The second kappa shape index (κ2) is 5.84. The SMILES string of the molecule is CCC(C)(CN)C(=O)N[C@H](C(=O)O)C(C)C. The second-order valence-corrected chi connectivity index (χ2v) is 4.65. The van der Waals surface area contributed by atoms with Crippen LogP contribution in [-0.4, -0.2) is 29.6 Å². The lowest BCUT2D eigenvalue weighted by Crippen LogP contribution is -2.51. The summed E-state index contributed by atoms with van der Waals surface area (Å²) in [6, 6.07) is -0.857. The van der Waals surface area contributed by atoms with E-state index in [1.165, 1.54) is 0 Å². The number of amides is 1. The Morgan fingerprint density at radius 2 is 1.94 bits per heavy atom. The predicted octanol–water partition coefficient (Wildman–Crippen LogP) is 0.587. The number of nitrogens with two attached hydrogens (primary N) is 1. The zero-order valence-electron chi connectivity index (χ0n) is 10.4. The Bertz CT molecular complexity index is 260. The van der Waals surface area contributed by atoms with Crippen LogP contribution in [0.25, 0.3) is 0 Å². The highest BCUT2D eigenvalue weighted by molar-refractivity contribution is 5.87. The van der Waals surface area contributed by atoms with Crippen molar-refractivity contribution in [3.05, 3.63) is 0 Å². The minimum atomic E-state index is -1.01. The van der Waals surface area contributed by atoms with Crippen molar-refractivity contribution in [3.63, 3.8) is 0 Å². The monoisotopic (exact) mass is 230 g/mol. The molecule has 4 N–H and O–H groups in total. The van der Waals surface area contributed by atoms with E-state index in [1.54, 1.807) is 20.8 Å². The molecule has 5 heteroatoms. The highest BCUT2D eigenvalue weighted by atomic mass is 16.4. The number of carbonyl (C=O) groups is 2. The molecule has 5 nitrogen and oxygen atoms in total. The van der Waals surface area contributed by atoms with Gasteiger partial charge >= 0.3 is 5.97 Å². The van der Waals surface area contributed by atoms with E-state index in [2.05, 4.69) is 5.32 Å². The summed E-state index contributed by atoms with van der Waals surface area (Å²) in [4.78, 5) is 22.8. The van der Waals surface area contributed by atoms with Gasteiger partial charge in [-0.2, -0.15) is 0 Å². The van der Waals surface area contributed by atoms with Crippen LogP contribution in [0.3, 0.4) is 0 Å². The van der Waals surface area contributed by atoms with Crippen molar-refractivity contribution in [2.75, 3.05) is 6.54 Å². The van der Waals surface area contributed by atoms with Gasteiger partial charge < -0.3 is 16.2 Å². The first-order valence-corrected chi connectivity index (χ1v) is 5.52. The van der Waals surface area contributed by atoms with Crippen molar-refractivity contribution in [3.8, 4) is 0 Å². The number of carbonyl (C=O) groups excluding carboxylic acids is 1. The third-order valence-electron chi connectivity index (χ3n) is 3.00. The van der Waals surface area contributed by atoms with Gasteiger partial charge in [-0.25, -0.2) is 4.79 Å². The van der Waals surface area contributed by atoms with Crippen LogP contribution >= 0.6 is 0 Å². The molecular formula is C11H22N2O3. The first-order valence-electron chi connectivity index (χ1n) is 5.52. The van der Waals surface area contributed by atoms with Crippen LogP contribution in [0.4, 0.5) is 0 Å². The first kappa shape index (κ1) is 14.9. The number of carboxylic acids is 1. The molecule has 1 amide bonds. The van der Waals surface area contributed by atoms with Gasteiger partial charge in [0.1, 0.15) is 6.04 Å². The van der Waals surface area contributed by atoms with Gasteiger partial charge in [0.25, 0.3) is 0 Å². The van der Waals surface area contributed by atoms with Gasteiger partial charge in [-0.1, -0.05) is 20.8 Å². The molecule has 0 rings (SSSR count). The average molecular weight is 230 g/mol. The predicted molar refractivity (Wildman–Crippen MR) is 61.9 cm³/mol. The third-order valence-corrected chi connectivity index (χ3v) is 3.00. The van der Waals surface area contributed by atoms with Crippen LogP contribution in [-0.2, 0) is 9.59 Å². The van der Waals surface area contributed by atoms with E-state index >= 15 is 0 Å². The van der Waals surface area contributed by atoms with E-state index in [0.717, 1.165) is 0 Å². The van der Waals surface area contributed by atoms with Crippen LogP contribution in [0.2, 0.25) is 0 Å². The van der Waals surface area contributed by atoms with E-state index in [0.29, 0.717) is 6.42 Å².